The molecule has 1 aliphatic heterocycles. The van der Waals surface area contributed by atoms with Crippen molar-refractivity contribution in [3.05, 3.63) is 17.5 Å². The second-order valence-corrected chi connectivity index (χ2v) is 3.91. The lowest BCUT2D eigenvalue weighted by molar-refractivity contribution is -0.143. The molecule has 1 aliphatic rings. The van der Waals surface area contributed by atoms with Crippen LogP contribution in [-0.2, 0) is 4.79 Å². The highest BCUT2D eigenvalue weighted by molar-refractivity contribution is 5.71. The number of aryl methyl sites for hydroxylation is 1. The molecule has 1 aromatic rings. The molecule has 0 aromatic carbocycles. The zero-order chi connectivity index (χ0) is 10.8. The van der Waals surface area contributed by atoms with Gasteiger partial charge in [-0.15, -0.1) is 0 Å². The molecule has 82 valence electrons. The molecule has 1 fully saturated rings. The first-order valence-electron chi connectivity index (χ1n) is 5.05. The summed E-state index contributed by atoms with van der Waals surface area (Å²) in [6, 6.07) is 1.83. The minimum Gasteiger partial charge on any atom is -0.481 e. The fourth-order valence-corrected chi connectivity index (χ4v) is 2.03. The molecule has 0 spiro atoms. The average Bonchev–Trinajstić information content (AvgIpc) is 2.65. The van der Waals surface area contributed by atoms with Crippen LogP contribution in [0.1, 0.15) is 23.8 Å². The Balaban J connectivity index is 2.21. The predicted molar refractivity (Wildman–Crippen MR) is 52.6 cm³/mol. The second kappa shape index (κ2) is 4.02. The highest BCUT2D eigenvalue weighted by Gasteiger charge is 2.33. The van der Waals surface area contributed by atoms with Crippen LogP contribution in [0.5, 0.6) is 0 Å². The highest BCUT2D eigenvalue weighted by atomic mass is 16.5. The van der Waals surface area contributed by atoms with Gasteiger partial charge in [0.05, 0.1) is 11.6 Å². The van der Waals surface area contributed by atoms with Gasteiger partial charge in [0.1, 0.15) is 5.76 Å². The van der Waals surface area contributed by atoms with Gasteiger partial charge in [0, 0.05) is 18.5 Å². The minimum absolute atomic E-state index is 0.0267. The van der Waals surface area contributed by atoms with Crippen LogP contribution in [0.25, 0.3) is 0 Å². The van der Waals surface area contributed by atoms with Crippen LogP contribution in [0.4, 0.5) is 0 Å². The molecule has 0 radical (unpaired) electrons. The van der Waals surface area contributed by atoms with Crippen molar-refractivity contribution in [1.29, 1.82) is 0 Å². The smallest absolute Gasteiger partial charge is 0.308 e. The molecule has 1 aromatic heterocycles. The monoisotopic (exact) mass is 210 g/mol. The number of rotatable bonds is 2. The van der Waals surface area contributed by atoms with E-state index in [1.165, 1.54) is 0 Å². The molecule has 15 heavy (non-hydrogen) atoms. The van der Waals surface area contributed by atoms with Crippen LogP contribution < -0.4 is 5.32 Å². The summed E-state index contributed by atoms with van der Waals surface area (Å²) in [5, 5.41) is 16.1. The van der Waals surface area contributed by atoms with Crippen molar-refractivity contribution in [3.8, 4) is 0 Å². The van der Waals surface area contributed by atoms with E-state index in [0.717, 1.165) is 24.4 Å². The fourth-order valence-electron chi connectivity index (χ4n) is 2.03. The molecule has 0 saturated carbocycles. The van der Waals surface area contributed by atoms with Gasteiger partial charge in [-0.05, 0) is 19.9 Å². The van der Waals surface area contributed by atoms with E-state index in [1.54, 1.807) is 0 Å². The van der Waals surface area contributed by atoms with Crippen molar-refractivity contribution < 1.29 is 14.4 Å². The molecule has 1 saturated heterocycles. The molecule has 2 heterocycles. The molecular formula is C10H14N2O3. The van der Waals surface area contributed by atoms with Crippen LogP contribution in [0.15, 0.2) is 10.6 Å². The van der Waals surface area contributed by atoms with E-state index in [2.05, 4.69) is 10.5 Å². The van der Waals surface area contributed by atoms with Crippen LogP contribution >= 0.6 is 0 Å². The number of carboxylic acids is 1. The van der Waals surface area contributed by atoms with Gasteiger partial charge in [-0.3, -0.25) is 4.79 Å². The number of aliphatic carboxylic acids is 1. The molecule has 0 amide bonds. The molecule has 2 N–H and O–H groups in total. The van der Waals surface area contributed by atoms with Crippen LogP contribution in [0.2, 0.25) is 0 Å². The molecule has 5 heteroatoms. The summed E-state index contributed by atoms with van der Waals surface area (Å²) < 4.78 is 4.98. The van der Waals surface area contributed by atoms with Gasteiger partial charge in [0.15, 0.2) is 0 Å². The molecular weight excluding hydrogens is 196 g/mol. The largest absolute Gasteiger partial charge is 0.481 e. The average molecular weight is 210 g/mol. The van der Waals surface area contributed by atoms with Crippen molar-refractivity contribution in [2.24, 2.45) is 5.92 Å². The second-order valence-electron chi connectivity index (χ2n) is 3.91. The van der Waals surface area contributed by atoms with Crippen molar-refractivity contribution in [2.75, 3.05) is 13.1 Å². The van der Waals surface area contributed by atoms with Crippen LogP contribution in [0, 0.1) is 12.8 Å². The summed E-state index contributed by atoms with van der Waals surface area (Å²) in [5.74, 6) is -0.468. The first kappa shape index (κ1) is 10.2. The third kappa shape index (κ3) is 2.02. The van der Waals surface area contributed by atoms with Crippen LogP contribution in [-0.4, -0.2) is 29.3 Å². The minimum atomic E-state index is -0.771. The maximum absolute atomic E-state index is 11.0. The van der Waals surface area contributed by atoms with E-state index in [-0.39, 0.29) is 5.92 Å². The molecule has 0 aliphatic carbocycles. The number of carboxylic acid groups (broad SMARTS) is 1. The Morgan fingerprint density at radius 2 is 2.53 bits per heavy atom. The van der Waals surface area contributed by atoms with Gasteiger partial charge in [-0.25, -0.2) is 0 Å². The lowest BCUT2D eigenvalue weighted by Crippen LogP contribution is -2.39. The maximum Gasteiger partial charge on any atom is 0.308 e. The van der Waals surface area contributed by atoms with E-state index in [1.807, 2.05) is 13.0 Å². The van der Waals surface area contributed by atoms with Gasteiger partial charge >= 0.3 is 5.97 Å². The molecule has 2 atom stereocenters. The quantitative estimate of drug-likeness (QED) is 0.753. The number of aromatic nitrogens is 1. The number of nitrogens with zero attached hydrogens (tertiary/aromatic N) is 1. The highest BCUT2D eigenvalue weighted by Crippen LogP contribution is 2.29. The van der Waals surface area contributed by atoms with Gasteiger partial charge in [0.2, 0.25) is 0 Å². The van der Waals surface area contributed by atoms with Crippen molar-refractivity contribution in [3.63, 3.8) is 0 Å². The topological polar surface area (TPSA) is 75.4 Å². The zero-order valence-corrected chi connectivity index (χ0v) is 8.56. The molecule has 0 bridgehead atoms. The Hall–Kier alpha value is -1.36. The van der Waals surface area contributed by atoms with Crippen LogP contribution in [0.3, 0.4) is 0 Å². The Morgan fingerprint density at radius 1 is 1.73 bits per heavy atom. The number of piperidine rings is 1. The maximum atomic E-state index is 11.0. The fraction of sp³-hybridized carbons (Fsp3) is 0.600. The van der Waals surface area contributed by atoms with Crippen molar-refractivity contribution >= 4 is 5.97 Å². The van der Waals surface area contributed by atoms with E-state index in [0.29, 0.717) is 6.54 Å². The summed E-state index contributed by atoms with van der Waals surface area (Å²) in [5.41, 5.74) is 0.765. The Morgan fingerprint density at radius 3 is 3.13 bits per heavy atom. The van der Waals surface area contributed by atoms with E-state index >= 15 is 0 Å². The molecule has 2 rings (SSSR count). The number of nitrogens with one attached hydrogen (secondary N) is 1. The summed E-state index contributed by atoms with van der Waals surface area (Å²) >= 11 is 0. The third-order valence-corrected chi connectivity index (χ3v) is 2.83. The van der Waals surface area contributed by atoms with E-state index in [4.69, 9.17) is 9.63 Å². The normalized spacial score (nSPS) is 26.5. The van der Waals surface area contributed by atoms with Gasteiger partial charge in [0.25, 0.3) is 0 Å². The van der Waals surface area contributed by atoms with E-state index < -0.39 is 11.9 Å². The molecule has 5 nitrogen and oxygen atoms in total. The third-order valence-electron chi connectivity index (χ3n) is 2.83. The lowest BCUT2D eigenvalue weighted by atomic mass is 9.84. The molecule has 2 unspecified atom stereocenters. The van der Waals surface area contributed by atoms with Gasteiger partial charge in [-0.2, -0.15) is 0 Å². The summed E-state index contributed by atoms with van der Waals surface area (Å²) in [4.78, 5) is 11.0. The first-order valence-corrected chi connectivity index (χ1v) is 5.05. The van der Waals surface area contributed by atoms with Crippen molar-refractivity contribution in [2.45, 2.75) is 19.3 Å². The Bertz CT molecular complexity index is 361. The predicted octanol–water partition coefficient (Wildman–Crippen LogP) is 0.761. The van der Waals surface area contributed by atoms with E-state index in [9.17, 15) is 4.79 Å². The SMILES string of the molecule is Cc1cc(C2CCNCC2C(=O)O)no1. The summed E-state index contributed by atoms with van der Waals surface area (Å²) in [6.07, 6.45) is 0.795. The van der Waals surface area contributed by atoms with Gasteiger partial charge < -0.3 is 14.9 Å². The lowest BCUT2D eigenvalue weighted by Gasteiger charge is -2.27. The number of hydrogen-bond donors (Lipinski definition) is 2. The van der Waals surface area contributed by atoms with Crippen molar-refractivity contribution in [1.82, 2.24) is 10.5 Å². The standard InChI is InChI=1S/C10H14N2O3/c1-6-4-9(12-15-6)7-2-3-11-5-8(7)10(13)14/h4,7-8,11H,2-3,5H2,1H3,(H,13,14). The van der Waals surface area contributed by atoms with Gasteiger partial charge in [-0.1, -0.05) is 5.16 Å². The summed E-state index contributed by atoms with van der Waals surface area (Å²) in [7, 11) is 0. The first-order chi connectivity index (χ1) is 7.18. The Labute approximate surface area is 87.5 Å². The number of carbonyl (C=O) groups is 1. The Kier molecular flexibility index (Phi) is 2.73. The zero-order valence-electron chi connectivity index (χ0n) is 8.56. The number of hydrogen-bond acceptors (Lipinski definition) is 4. The summed E-state index contributed by atoms with van der Waals surface area (Å²) in [6.45, 7) is 3.15.